The van der Waals surface area contributed by atoms with Gasteiger partial charge in [0.15, 0.2) is 5.78 Å². The Balaban J connectivity index is 1.35. The molecule has 27 heavy (non-hydrogen) atoms. The maximum atomic E-state index is 12.4. The molecule has 1 amide bonds. The quantitative estimate of drug-likeness (QED) is 0.529. The van der Waals surface area contributed by atoms with Crippen LogP contribution in [-0.2, 0) is 22.4 Å². The van der Waals surface area contributed by atoms with Gasteiger partial charge in [-0.25, -0.2) is 0 Å². The number of nitrogens with one attached hydrogen (secondary N) is 2. The molecule has 1 saturated heterocycles. The average molecular weight is 373 g/mol. The van der Waals surface area contributed by atoms with Crippen LogP contribution in [0.4, 0.5) is 0 Å². The number of fused-ring (bicyclic) bond motifs is 1. The van der Waals surface area contributed by atoms with Crippen LogP contribution >= 0.6 is 0 Å². The van der Waals surface area contributed by atoms with E-state index in [4.69, 9.17) is 4.74 Å². The summed E-state index contributed by atoms with van der Waals surface area (Å²) in [6.45, 7) is 7.13. The number of benzene rings is 1. The molecule has 2 heterocycles. The first-order chi connectivity index (χ1) is 13.2. The van der Waals surface area contributed by atoms with Gasteiger partial charge in [-0.05, 0) is 56.1 Å². The van der Waals surface area contributed by atoms with E-state index in [2.05, 4.69) is 21.6 Å². The molecule has 0 unspecified atom stereocenters. The summed E-state index contributed by atoms with van der Waals surface area (Å²) in [6, 6.07) is 6.00. The fraction of sp³-hybridized carbons (Fsp3) is 0.619. The molecule has 0 radical (unpaired) electrons. The summed E-state index contributed by atoms with van der Waals surface area (Å²) < 4.78 is 5.33. The van der Waals surface area contributed by atoms with Crippen molar-refractivity contribution in [3.05, 3.63) is 34.9 Å². The SMILES string of the molecule is O=C(CCC(=O)c1ccc2c(c1)CCNCC2)NCCCN1CCOCC1. The number of hydrogen-bond donors (Lipinski definition) is 2. The molecule has 2 aliphatic rings. The second-order valence-corrected chi connectivity index (χ2v) is 7.31. The number of Topliss-reactive ketones (excluding diaryl/α,β-unsaturated/α-hetero) is 1. The summed E-state index contributed by atoms with van der Waals surface area (Å²) in [5.74, 6) is 0.0164. The van der Waals surface area contributed by atoms with Crippen molar-refractivity contribution in [1.82, 2.24) is 15.5 Å². The van der Waals surface area contributed by atoms with Crippen LogP contribution in [0.15, 0.2) is 18.2 Å². The van der Waals surface area contributed by atoms with Crippen LogP contribution in [0.1, 0.15) is 40.7 Å². The van der Waals surface area contributed by atoms with E-state index in [1.165, 1.54) is 11.1 Å². The van der Waals surface area contributed by atoms with Crippen molar-refractivity contribution in [1.29, 1.82) is 0 Å². The van der Waals surface area contributed by atoms with Crippen LogP contribution in [0.5, 0.6) is 0 Å². The van der Waals surface area contributed by atoms with Crippen molar-refractivity contribution in [3.63, 3.8) is 0 Å². The van der Waals surface area contributed by atoms with E-state index in [-0.39, 0.29) is 24.5 Å². The maximum absolute atomic E-state index is 12.4. The Kier molecular flexibility index (Phi) is 7.80. The van der Waals surface area contributed by atoms with Crippen LogP contribution in [0.3, 0.4) is 0 Å². The molecule has 6 heteroatoms. The van der Waals surface area contributed by atoms with Crippen molar-refractivity contribution in [2.75, 3.05) is 52.5 Å². The monoisotopic (exact) mass is 373 g/mol. The van der Waals surface area contributed by atoms with E-state index >= 15 is 0 Å². The van der Waals surface area contributed by atoms with Gasteiger partial charge in [-0.1, -0.05) is 12.1 Å². The number of ether oxygens (including phenoxy) is 1. The minimum Gasteiger partial charge on any atom is -0.379 e. The van der Waals surface area contributed by atoms with Gasteiger partial charge in [-0.3, -0.25) is 14.5 Å². The molecule has 0 aromatic heterocycles. The second kappa shape index (κ2) is 10.5. The third-order valence-corrected chi connectivity index (χ3v) is 5.33. The lowest BCUT2D eigenvalue weighted by Gasteiger charge is -2.26. The van der Waals surface area contributed by atoms with Gasteiger partial charge in [0.2, 0.25) is 5.91 Å². The Morgan fingerprint density at radius 1 is 1.07 bits per heavy atom. The first-order valence-electron chi connectivity index (χ1n) is 10.1. The topological polar surface area (TPSA) is 70.7 Å². The fourth-order valence-corrected chi connectivity index (χ4v) is 3.66. The van der Waals surface area contributed by atoms with Crippen LogP contribution in [0, 0.1) is 0 Å². The third-order valence-electron chi connectivity index (χ3n) is 5.33. The zero-order chi connectivity index (χ0) is 18.9. The van der Waals surface area contributed by atoms with Gasteiger partial charge in [0.1, 0.15) is 0 Å². The van der Waals surface area contributed by atoms with Crippen LogP contribution in [0.25, 0.3) is 0 Å². The number of morpholine rings is 1. The Morgan fingerprint density at radius 2 is 1.85 bits per heavy atom. The highest BCUT2D eigenvalue weighted by Gasteiger charge is 2.14. The number of nitrogens with zero attached hydrogens (tertiary/aromatic N) is 1. The van der Waals surface area contributed by atoms with Crippen molar-refractivity contribution >= 4 is 11.7 Å². The van der Waals surface area contributed by atoms with Gasteiger partial charge in [0.05, 0.1) is 13.2 Å². The van der Waals surface area contributed by atoms with Crippen molar-refractivity contribution in [2.45, 2.75) is 32.1 Å². The van der Waals surface area contributed by atoms with Crippen molar-refractivity contribution in [2.24, 2.45) is 0 Å². The Labute approximate surface area is 161 Å². The molecule has 1 aromatic rings. The molecule has 2 aliphatic heterocycles. The Hall–Kier alpha value is -1.76. The summed E-state index contributed by atoms with van der Waals surface area (Å²) >= 11 is 0. The number of carbonyl (C=O) groups is 2. The standard InChI is InChI=1S/C21H31N3O3/c25-20(19-3-2-17-6-9-22-10-7-18(17)16-19)4-5-21(26)23-8-1-11-24-12-14-27-15-13-24/h2-3,16,22H,1,4-15H2,(H,23,26). The summed E-state index contributed by atoms with van der Waals surface area (Å²) in [7, 11) is 0. The highest BCUT2D eigenvalue weighted by Crippen LogP contribution is 2.17. The summed E-state index contributed by atoms with van der Waals surface area (Å²) in [5, 5.41) is 6.31. The largest absolute Gasteiger partial charge is 0.379 e. The number of amides is 1. The maximum Gasteiger partial charge on any atom is 0.220 e. The lowest BCUT2D eigenvalue weighted by atomic mass is 9.97. The minimum atomic E-state index is -0.0377. The second-order valence-electron chi connectivity index (χ2n) is 7.31. The molecule has 3 rings (SSSR count). The Morgan fingerprint density at radius 3 is 2.67 bits per heavy atom. The third kappa shape index (κ3) is 6.41. The normalized spacial score (nSPS) is 17.8. The van der Waals surface area contributed by atoms with Gasteiger partial charge in [-0.2, -0.15) is 0 Å². The first kappa shape index (κ1) is 20.0. The predicted octanol–water partition coefficient (Wildman–Crippen LogP) is 1.18. The van der Waals surface area contributed by atoms with Gasteiger partial charge in [0.25, 0.3) is 0 Å². The fourth-order valence-electron chi connectivity index (χ4n) is 3.66. The Bertz CT molecular complexity index is 642. The molecule has 148 valence electrons. The van der Waals surface area contributed by atoms with Gasteiger partial charge < -0.3 is 15.4 Å². The predicted molar refractivity (Wildman–Crippen MR) is 105 cm³/mol. The number of carbonyl (C=O) groups excluding carboxylic acids is 2. The lowest BCUT2D eigenvalue weighted by Crippen LogP contribution is -2.38. The van der Waals surface area contributed by atoms with E-state index in [0.29, 0.717) is 6.54 Å². The van der Waals surface area contributed by atoms with Crippen LogP contribution in [0.2, 0.25) is 0 Å². The molecule has 0 aliphatic carbocycles. The summed E-state index contributed by atoms with van der Waals surface area (Å²) in [6.07, 6.45) is 3.43. The van der Waals surface area contributed by atoms with Gasteiger partial charge >= 0.3 is 0 Å². The molecular weight excluding hydrogens is 342 g/mol. The molecule has 0 atom stereocenters. The smallest absolute Gasteiger partial charge is 0.220 e. The van der Waals surface area contributed by atoms with Crippen LogP contribution in [-0.4, -0.2) is 69.1 Å². The lowest BCUT2D eigenvalue weighted by molar-refractivity contribution is -0.121. The molecule has 6 nitrogen and oxygen atoms in total. The molecule has 1 aromatic carbocycles. The van der Waals surface area contributed by atoms with E-state index in [0.717, 1.165) is 70.8 Å². The summed E-state index contributed by atoms with van der Waals surface area (Å²) in [5.41, 5.74) is 3.32. The number of rotatable bonds is 8. The minimum absolute atomic E-state index is 0.0377. The van der Waals surface area contributed by atoms with Crippen molar-refractivity contribution in [3.8, 4) is 0 Å². The molecular formula is C21H31N3O3. The van der Waals surface area contributed by atoms with Crippen LogP contribution < -0.4 is 10.6 Å². The first-order valence-corrected chi connectivity index (χ1v) is 10.1. The highest BCUT2D eigenvalue weighted by atomic mass is 16.5. The molecule has 0 spiro atoms. The molecule has 1 fully saturated rings. The van der Waals surface area contributed by atoms with Crippen molar-refractivity contribution < 1.29 is 14.3 Å². The number of ketones is 1. The molecule has 0 saturated carbocycles. The zero-order valence-electron chi connectivity index (χ0n) is 16.1. The van der Waals surface area contributed by atoms with E-state index < -0.39 is 0 Å². The zero-order valence-corrected chi connectivity index (χ0v) is 16.1. The number of hydrogen-bond acceptors (Lipinski definition) is 5. The highest BCUT2D eigenvalue weighted by molar-refractivity contribution is 5.98. The molecule has 2 N–H and O–H groups in total. The molecule has 0 bridgehead atoms. The van der Waals surface area contributed by atoms with E-state index in [9.17, 15) is 9.59 Å². The van der Waals surface area contributed by atoms with E-state index in [1.807, 2.05) is 12.1 Å². The van der Waals surface area contributed by atoms with Gasteiger partial charge in [0, 0.05) is 38.0 Å². The summed E-state index contributed by atoms with van der Waals surface area (Å²) in [4.78, 5) is 26.8. The average Bonchev–Trinajstić information content (AvgIpc) is 2.95. The van der Waals surface area contributed by atoms with Gasteiger partial charge in [-0.15, -0.1) is 0 Å². The van der Waals surface area contributed by atoms with E-state index in [1.54, 1.807) is 0 Å².